The molecule has 4 nitrogen and oxygen atoms in total. The van der Waals surface area contributed by atoms with Crippen LogP contribution in [0.25, 0.3) is 0 Å². The van der Waals surface area contributed by atoms with Crippen molar-refractivity contribution in [1.29, 1.82) is 0 Å². The zero-order valence-corrected chi connectivity index (χ0v) is 10.2. The highest BCUT2D eigenvalue weighted by molar-refractivity contribution is 14.1. The fraction of sp³-hybridized carbons (Fsp3) is 0.375. The van der Waals surface area contributed by atoms with Gasteiger partial charge in [-0.2, -0.15) is 0 Å². The minimum atomic E-state index is -4.82. The third-order valence-electron chi connectivity index (χ3n) is 1.60. The zero-order valence-electron chi connectivity index (χ0n) is 8.01. The number of pyridine rings is 1. The number of ether oxygens (including phenoxy) is 2. The van der Waals surface area contributed by atoms with Crippen LogP contribution in [0.15, 0.2) is 6.20 Å². The summed E-state index contributed by atoms with van der Waals surface area (Å²) >= 11 is 1.60. The van der Waals surface area contributed by atoms with Gasteiger partial charge in [0.2, 0.25) is 0 Å². The lowest BCUT2D eigenvalue weighted by molar-refractivity contribution is -0.275. The second kappa shape index (κ2) is 5.04. The molecule has 1 aromatic rings. The number of rotatable bonds is 3. The summed E-state index contributed by atoms with van der Waals surface area (Å²) in [6.45, 7) is -0.476. The molecule has 8 heteroatoms. The van der Waals surface area contributed by atoms with Crippen molar-refractivity contribution in [3.05, 3.63) is 15.5 Å². The first-order chi connectivity index (χ1) is 7.39. The van der Waals surface area contributed by atoms with E-state index < -0.39 is 18.7 Å². The molecule has 0 atom stereocenters. The van der Waals surface area contributed by atoms with Crippen molar-refractivity contribution >= 4 is 22.6 Å². The van der Waals surface area contributed by atoms with E-state index in [2.05, 4.69) is 9.72 Å². The van der Waals surface area contributed by atoms with Crippen LogP contribution in [0.3, 0.4) is 0 Å². The van der Waals surface area contributed by atoms with E-state index in [1.807, 2.05) is 0 Å². The van der Waals surface area contributed by atoms with Gasteiger partial charge < -0.3 is 14.6 Å². The molecule has 0 fully saturated rings. The molecule has 90 valence electrons. The van der Waals surface area contributed by atoms with Crippen LogP contribution in [-0.4, -0.2) is 23.6 Å². The molecule has 0 aromatic carbocycles. The predicted octanol–water partition coefficient (Wildman–Crippen LogP) is 2.09. The van der Waals surface area contributed by atoms with Gasteiger partial charge in [-0.1, -0.05) is 0 Å². The van der Waals surface area contributed by atoms with Gasteiger partial charge in [0.05, 0.1) is 29.2 Å². The molecule has 1 aromatic heterocycles. The molecule has 1 heterocycles. The SMILES string of the molecule is COc1cnc(CO)c(I)c1OC(F)(F)F. The van der Waals surface area contributed by atoms with E-state index in [1.165, 1.54) is 7.11 Å². The average molecular weight is 349 g/mol. The Balaban J connectivity index is 3.21. The summed E-state index contributed by atoms with van der Waals surface area (Å²) in [6.07, 6.45) is -3.75. The van der Waals surface area contributed by atoms with Crippen molar-refractivity contribution in [2.45, 2.75) is 13.0 Å². The number of hydrogen-bond acceptors (Lipinski definition) is 4. The van der Waals surface area contributed by atoms with Crippen LogP contribution in [0, 0.1) is 3.57 Å². The topological polar surface area (TPSA) is 51.6 Å². The molecule has 0 bridgehead atoms. The van der Waals surface area contributed by atoms with Crippen LogP contribution in [0.4, 0.5) is 13.2 Å². The Kier molecular flexibility index (Phi) is 4.19. The largest absolute Gasteiger partial charge is 0.573 e. The lowest BCUT2D eigenvalue weighted by atomic mass is 10.3. The summed E-state index contributed by atoms with van der Waals surface area (Å²) < 4.78 is 44.9. The lowest BCUT2D eigenvalue weighted by Gasteiger charge is -2.14. The van der Waals surface area contributed by atoms with Crippen LogP contribution in [0.2, 0.25) is 0 Å². The predicted molar refractivity (Wildman–Crippen MR) is 56.1 cm³/mol. The standard InChI is InChI=1S/C8H7F3INO3/c1-15-5-2-13-4(3-14)6(12)7(5)16-8(9,10)11/h2,14H,3H2,1H3. The van der Waals surface area contributed by atoms with Gasteiger partial charge in [0, 0.05) is 0 Å². The van der Waals surface area contributed by atoms with Crippen LogP contribution >= 0.6 is 22.6 Å². The molecular weight excluding hydrogens is 342 g/mol. The van der Waals surface area contributed by atoms with Crippen molar-refractivity contribution in [3.63, 3.8) is 0 Å². The molecule has 0 saturated heterocycles. The first-order valence-corrected chi connectivity index (χ1v) is 5.05. The van der Waals surface area contributed by atoms with E-state index in [1.54, 1.807) is 22.6 Å². The van der Waals surface area contributed by atoms with Crippen LogP contribution in [0.5, 0.6) is 11.5 Å². The Morgan fingerprint density at radius 2 is 2.12 bits per heavy atom. The summed E-state index contributed by atoms with van der Waals surface area (Å²) in [5, 5.41) is 8.86. The first kappa shape index (κ1) is 13.3. The quantitative estimate of drug-likeness (QED) is 0.850. The van der Waals surface area contributed by atoms with Crippen LogP contribution in [-0.2, 0) is 6.61 Å². The maximum Gasteiger partial charge on any atom is 0.573 e. The normalized spacial score (nSPS) is 11.4. The van der Waals surface area contributed by atoms with Crippen molar-refractivity contribution < 1.29 is 27.8 Å². The van der Waals surface area contributed by atoms with Gasteiger partial charge in [-0.15, -0.1) is 13.2 Å². The Morgan fingerprint density at radius 3 is 2.56 bits per heavy atom. The molecule has 1 N–H and O–H groups in total. The average Bonchev–Trinajstić information content (AvgIpc) is 2.19. The Hall–Kier alpha value is -0.770. The van der Waals surface area contributed by atoms with Gasteiger partial charge in [0.1, 0.15) is 0 Å². The molecular formula is C8H7F3INO3. The zero-order chi connectivity index (χ0) is 12.3. The summed E-state index contributed by atoms with van der Waals surface area (Å²) in [5.41, 5.74) is 0.0978. The second-order valence-electron chi connectivity index (χ2n) is 2.62. The highest BCUT2D eigenvalue weighted by atomic mass is 127. The van der Waals surface area contributed by atoms with Gasteiger partial charge in [0.25, 0.3) is 0 Å². The number of aliphatic hydroxyl groups excluding tert-OH is 1. The number of alkyl halides is 3. The van der Waals surface area contributed by atoms with Crippen molar-refractivity contribution in [2.24, 2.45) is 0 Å². The molecule has 0 saturated carbocycles. The number of aromatic nitrogens is 1. The number of nitrogens with zero attached hydrogens (tertiary/aromatic N) is 1. The first-order valence-electron chi connectivity index (χ1n) is 3.97. The molecule has 0 amide bonds. The third-order valence-corrected chi connectivity index (χ3v) is 2.71. The van der Waals surface area contributed by atoms with E-state index in [0.717, 1.165) is 6.20 Å². The maximum atomic E-state index is 12.1. The molecule has 16 heavy (non-hydrogen) atoms. The number of halogens is 4. The van der Waals surface area contributed by atoms with Crippen molar-refractivity contribution in [2.75, 3.05) is 7.11 Å². The number of aliphatic hydroxyl groups is 1. The van der Waals surface area contributed by atoms with Gasteiger partial charge in [0.15, 0.2) is 11.5 Å². The maximum absolute atomic E-state index is 12.1. The van der Waals surface area contributed by atoms with Crippen LogP contribution < -0.4 is 9.47 Å². The van der Waals surface area contributed by atoms with Crippen molar-refractivity contribution in [1.82, 2.24) is 4.98 Å². The number of methoxy groups -OCH3 is 1. The fourth-order valence-electron chi connectivity index (χ4n) is 0.958. The molecule has 1 rings (SSSR count). The summed E-state index contributed by atoms with van der Waals surface area (Å²) in [5.74, 6) is -0.631. The van der Waals surface area contributed by atoms with E-state index in [4.69, 9.17) is 9.84 Å². The van der Waals surface area contributed by atoms with E-state index in [9.17, 15) is 13.2 Å². The molecule has 0 aliphatic carbocycles. The van der Waals surface area contributed by atoms with Crippen LogP contribution in [0.1, 0.15) is 5.69 Å². The smallest absolute Gasteiger partial charge is 0.491 e. The Morgan fingerprint density at radius 1 is 1.50 bits per heavy atom. The highest BCUT2D eigenvalue weighted by Crippen LogP contribution is 2.36. The summed E-state index contributed by atoms with van der Waals surface area (Å²) in [6, 6.07) is 0. The lowest BCUT2D eigenvalue weighted by Crippen LogP contribution is -2.19. The molecule has 0 spiro atoms. The Bertz CT molecular complexity index is 384. The highest BCUT2D eigenvalue weighted by Gasteiger charge is 2.34. The summed E-state index contributed by atoms with van der Waals surface area (Å²) in [4.78, 5) is 3.73. The fourth-order valence-corrected chi connectivity index (χ4v) is 1.64. The molecule has 0 aliphatic rings. The van der Waals surface area contributed by atoms with Gasteiger partial charge in [-0.3, -0.25) is 4.98 Å². The molecule has 0 radical (unpaired) electrons. The van der Waals surface area contributed by atoms with E-state index in [0.29, 0.717) is 0 Å². The van der Waals surface area contributed by atoms with E-state index in [-0.39, 0.29) is 15.0 Å². The van der Waals surface area contributed by atoms with Gasteiger partial charge >= 0.3 is 6.36 Å². The van der Waals surface area contributed by atoms with Gasteiger partial charge in [-0.05, 0) is 22.6 Å². The molecule has 0 aliphatic heterocycles. The summed E-state index contributed by atoms with van der Waals surface area (Å²) in [7, 11) is 1.20. The van der Waals surface area contributed by atoms with Crippen molar-refractivity contribution in [3.8, 4) is 11.5 Å². The van der Waals surface area contributed by atoms with E-state index >= 15 is 0 Å². The Labute approximate surface area is 103 Å². The minimum absolute atomic E-state index is 0.0665. The third kappa shape index (κ3) is 3.11. The van der Waals surface area contributed by atoms with Gasteiger partial charge in [-0.25, -0.2) is 0 Å². The number of hydrogen-bond donors (Lipinski definition) is 1. The minimum Gasteiger partial charge on any atom is -0.491 e. The molecule has 0 unspecified atom stereocenters. The second-order valence-corrected chi connectivity index (χ2v) is 3.70. The monoisotopic (exact) mass is 349 g/mol.